The Morgan fingerprint density at radius 3 is 0.682 bits per heavy atom. The van der Waals surface area contributed by atoms with Crippen LogP contribution in [0.25, 0.3) is 0 Å². The minimum absolute atomic E-state index is 0.0563. The van der Waals surface area contributed by atoms with E-state index < -0.39 is 0 Å². The minimum atomic E-state index is 0.0563. The second-order valence-corrected chi connectivity index (χ2v) is 5.14. The Morgan fingerprint density at radius 2 is 0.500 bits per heavy atom. The number of rotatable bonds is 16. The van der Waals surface area contributed by atoms with Crippen molar-refractivity contribution in [2.24, 2.45) is 0 Å². The smallest absolute Gasteiger partial charge is 0.0558 e. The van der Waals surface area contributed by atoms with Gasteiger partial charge in [-0.15, -0.1) is 0 Å². The summed E-state index contributed by atoms with van der Waals surface area (Å²) < 4.78 is 0. The van der Waals surface area contributed by atoms with Gasteiger partial charge in [0.1, 0.15) is 0 Å². The predicted molar refractivity (Wildman–Crippen MR) is 84.7 cm³/mol. The predicted octanol–water partition coefficient (Wildman–Crippen LogP) is -3.15. The third kappa shape index (κ3) is 11.3. The lowest BCUT2D eigenvalue weighted by atomic mass is 10.3. The lowest BCUT2D eigenvalue weighted by Crippen LogP contribution is -2.43. The van der Waals surface area contributed by atoms with Gasteiger partial charge in [0.05, 0.1) is 33.0 Å². The van der Waals surface area contributed by atoms with E-state index in [0.29, 0.717) is 45.8 Å². The standard InChI is InChI=1S/C14H33N3O5/c18-10-5-15(1-3-16(6-11-19)7-12-20)2-4-17(8-13-21)9-14-22/h18-22H,1-14H2. The van der Waals surface area contributed by atoms with Gasteiger partial charge in [0.25, 0.3) is 0 Å². The van der Waals surface area contributed by atoms with Crippen LogP contribution in [0.3, 0.4) is 0 Å². The third-order valence-electron chi connectivity index (χ3n) is 3.55. The largest absolute Gasteiger partial charge is 0.395 e. The summed E-state index contributed by atoms with van der Waals surface area (Å²) in [6.07, 6.45) is 0. The van der Waals surface area contributed by atoms with Crippen LogP contribution in [0.15, 0.2) is 0 Å². The molecule has 0 saturated carbocycles. The molecule has 134 valence electrons. The van der Waals surface area contributed by atoms with Crippen molar-refractivity contribution >= 4 is 0 Å². The molecule has 8 heteroatoms. The molecule has 0 saturated heterocycles. The van der Waals surface area contributed by atoms with Gasteiger partial charge in [-0.05, 0) is 0 Å². The molecule has 5 N–H and O–H groups in total. The van der Waals surface area contributed by atoms with Gasteiger partial charge in [0.2, 0.25) is 0 Å². The maximum Gasteiger partial charge on any atom is 0.0558 e. The molecule has 0 heterocycles. The Morgan fingerprint density at radius 1 is 0.318 bits per heavy atom. The van der Waals surface area contributed by atoms with Crippen LogP contribution >= 0.6 is 0 Å². The molecule has 0 rings (SSSR count). The fraction of sp³-hybridized carbons (Fsp3) is 1.00. The molecule has 0 radical (unpaired) electrons. The summed E-state index contributed by atoms with van der Waals surface area (Å²) in [5.41, 5.74) is 0. The second kappa shape index (κ2) is 15.6. The van der Waals surface area contributed by atoms with Crippen molar-refractivity contribution in [3.8, 4) is 0 Å². The maximum atomic E-state index is 9.15. The molecule has 8 nitrogen and oxygen atoms in total. The molecule has 22 heavy (non-hydrogen) atoms. The Balaban J connectivity index is 4.21. The maximum absolute atomic E-state index is 9.15. The van der Waals surface area contributed by atoms with Crippen molar-refractivity contribution in [2.45, 2.75) is 0 Å². The van der Waals surface area contributed by atoms with Gasteiger partial charge in [-0.1, -0.05) is 0 Å². The molecule has 0 aliphatic rings. The first kappa shape index (κ1) is 21.7. The highest BCUT2D eigenvalue weighted by atomic mass is 16.3. The topological polar surface area (TPSA) is 111 Å². The fourth-order valence-corrected chi connectivity index (χ4v) is 2.28. The van der Waals surface area contributed by atoms with Crippen LogP contribution in [0.2, 0.25) is 0 Å². The van der Waals surface area contributed by atoms with Crippen LogP contribution < -0.4 is 0 Å². The van der Waals surface area contributed by atoms with E-state index in [9.17, 15) is 0 Å². The number of hydrogen-bond acceptors (Lipinski definition) is 8. The zero-order chi connectivity index (χ0) is 16.6. The monoisotopic (exact) mass is 323 g/mol. The molecule has 0 aliphatic carbocycles. The zero-order valence-corrected chi connectivity index (χ0v) is 13.5. The summed E-state index contributed by atoms with van der Waals surface area (Å²) >= 11 is 0. The van der Waals surface area contributed by atoms with Crippen molar-refractivity contribution in [3.63, 3.8) is 0 Å². The van der Waals surface area contributed by atoms with Crippen LogP contribution in [0.1, 0.15) is 0 Å². The van der Waals surface area contributed by atoms with Gasteiger partial charge in [-0.2, -0.15) is 0 Å². The highest BCUT2D eigenvalue weighted by Gasteiger charge is 2.11. The lowest BCUT2D eigenvalue weighted by molar-refractivity contribution is 0.114. The van der Waals surface area contributed by atoms with Gasteiger partial charge in [-0.3, -0.25) is 14.7 Å². The van der Waals surface area contributed by atoms with E-state index >= 15 is 0 Å². The molecule has 0 aliphatic heterocycles. The van der Waals surface area contributed by atoms with E-state index in [2.05, 4.69) is 4.90 Å². The normalized spacial score (nSPS) is 12.0. The average molecular weight is 323 g/mol. The summed E-state index contributed by atoms with van der Waals surface area (Å²) in [6.45, 7) is 5.82. The lowest BCUT2D eigenvalue weighted by Gasteiger charge is -2.29. The molecule has 0 fully saturated rings. The van der Waals surface area contributed by atoms with Crippen LogP contribution in [0, 0.1) is 0 Å². The molecule has 0 aromatic rings. The highest BCUT2D eigenvalue weighted by Crippen LogP contribution is 1.95. The summed E-state index contributed by atoms with van der Waals surface area (Å²) in [4.78, 5) is 6.05. The van der Waals surface area contributed by atoms with Crippen molar-refractivity contribution in [1.82, 2.24) is 14.7 Å². The van der Waals surface area contributed by atoms with E-state index in [0.717, 1.165) is 13.1 Å². The Hall–Kier alpha value is -0.320. The van der Waals surface area contributed by atoms with Crippen molar-refractivity contribution in [3.05, 3.63) is 0 Å². The number of hydrogen-bond donors (Lipinski definition) is 5. The Kier molecular flexibility index (Phi) is 15.3. The van der Waals surface area contributed by atoms with Gasteiger partial charge >= 0.3 is 0 Å². The zero-order valence-electron chi connectivity index (χ0n) is 13.5. The molecule has 0 bridgehead atoms. The molecule has 0 atom stereocenters. The molecule has 0 amide bonds. The molecule has 0 aromatic carbocycles. The van der Waals surface area contributed by atoms with Crippen LogP contribution in [-0.4, -0.2) is 132 Å². The molecule has 0 unspecified atom stereocenters. The van der Waals surface area contributed by atoms with Gasteiger partial charge in [0, 0.05) is 58.9 Å². The first-order valence-electron chi connectivity index (χ1n) is 7.93. The van der Waals surface area contributed by atoms with Crippen molar-refractivity contribution in [2.75, 3.05) is 91.9 Å². The van der Waals surface area contributed by atoms with E-state index in [1.807, 2.05) is 9.80 Å². The summed E-state index contributed by atoms with van der Waals surface area (Å²) in [5.74, 6) is 0. The minimum Gasteiger partial charge on any atom is -0.395 e. The number of nitrogens with zero attached hydrogens (tertiary/aromatic N) is 3. The van der Waals surface area contributed by atoms with Gasteiger partial charge < -0.3 is 25.5 Å². The fourth-order valence-electron chi connectivity index (χ4n) is 2.28. The van der Waals surface area contributed by atoms with Gasteiger partial charge in [-0.25, -0.2) is 0 Å². The van der Waals surface area contributed by atoms with E-state index in [1.165, 1.54) is 0 Å². The third-order valence-corrected chi connectivity index (χ3v) is 3.55. The molecular weight excluding hydrogens is 290 g/mol. The number of aliphatic hydroxyl groups is 5. The SMILES string of the molecule is OCCN(CCO)CCN(CCO)CCN(CCO)CCO. The molecule has 0 aromatic heterocycles. The Bertz CT molecular complexity index is 205. The van der Waals surface area contributed by atoms with Gasteiger partial charge in [0.15, 0.2) is 0 Å². The van der Waals surface area contributed by atoms with Crippen LogP contribution in [0.4, 0.5) is 0 Å². The summed E-state index contributed by atoms with van der Waals surface area (Å²) in [7, 11) is 0. The van der Waals surface area contributed by atoms with Crippen LogP contribution in [0.5, 0.6) is 0 Å². The highest BCUT2D eigenvalue weighted by molar-refractivity contribution is 4.66. The first-order valence-corrected chi connectivity index (χ1v) is 7.93. The Labute approximate surface area is 133 Å². The van der Waals surface area contributed by atoms with E-state index in [4.69, 9.17) is 25.5 Å². The second-order valence-electron chi connectivity index (χ2n) is 5.14. The first-order chi connectivity index (χ1) is 10.7. The van der Waals surface area contributed by atoms with Crippen molar-refractivity contribution in [1.29, 1.82) is 0 Å². The molecular formula is C14H33N3O5. The summed E-state index contributed by atoms with van der Waals surface area (Å²) in [6, 6.07) is 0. The quantitative estimate of drug-likeness (QED) is 0.203. The van der Waals surface area contributed by atoms with Crippen LogP contribution in [-0.2, 0) is 0 Å². The average Bonchev–Trinajstić information content (AvgIpc) is 2.50. The van der Waals surface area contributed by atoms with Crippen molar-refractivity contribution < 1.29 is 25.5 Å². The van der Waals surface area contributed by atoms with E-state index in [-0.39, 0.29) is 33.0 Å². The molecule has 0 spiro atoms. The van der Waals surface area contributed by atoms with E-state index in [1.54, 1.807) is 0 Å². The summed E-state index contributed by atoms with van der Waals surface area (Å²) in [5, 5.41) is 45.1. The number of aliphatic hydroxyl groups excluding tert-OH is 5.